The lowest BCUT2D eigenvalue weighted by Crippen LogP contribution is -2.58. The second kappa shape index (κ2) is 23.6. The van der Waals surface area contributed by atoms with Crippen molar-refractivity contribution in [1.29, 1.82) is 5.26 Å². The summed E-state index contributed by atoms with van der Waals surface area (Å²) in [6, 6.07) is 9.87. The van der Waals surface area contributed by atoms with Crippen molar-refractivity contribution < 1.29 is 50.9 Å². The highest BCUT2D eigenvalue weighted by Crippen LogP contribution is 2.48. The fraction of sp³-hybridized carbons (Fsp3) is 0.500. The summed E-state index contributed by atoms with van der Waals surface area (Å²) in [5.41, 5.74) is 6.64. The number of β-amino-alcohol motifs (C(OH)–C–C–N with tert-alkyl or cyclic N) is 1. The molecule has 6 N–H and O–H groups in total. The third kappa shape index (κ3) is 11.9. The van der Waals surface area contributed by atoms with E-state index >= 15 is 22.0 Å². The number of thiazole rings is 1. The fourth-order valence-corrected chi connectivity index (χ4v) is 13.6. The van der Waals surface area contributed by atoms with Gasteiger partial charge in [0.2, 0.25) is 17.7 Å². The predicted molar refractivity (Wildman–Crippen MR) is 303 cm³/mol. The standard InChI is InChI=1S/C58H66F5N11O6S2/c1-29-23-72(17-7-18-79-19-16-44(76)69-51(57(4,5)6)55(78)74-26-36(75)20-42(74)54(77)67-30(2)32-8-10-33(11-9-32)49-31(3)66-28-81-49)43(29)27-80-56-70-48-38(53(71-56)73-24-34-12-13-35(25-73)68-34)21-40(58(61,62)63)46(47(48)60)37-14-15-41(59)50-45(37)39(22-64)52(65)82-50/h8-11,14-15,21,28-30,34-36,42-43,51,68,75H,7,12-13,16-20,23-27,65H2,1-6H3,(H,67,77)(H,69,76)/t29-,30+,34?,35?,36-,42+,43-,51-/m1/s1. The van der Waals surface area contributed by atoms with Crippen LogP contribution in [0.25, 0.3) is 42.6 Å². The Balaban J connectivity index is 0.757. The number of alkyl halides is 3. The minimum atomic E-state index is -5.10. The van der Waals surface area contributed by atoms with Gasteiger partial charge in [0.15, 0.2) is 5.82 Å². The molecule has 3 aromatic carbocycles. The van der Waals surface area contributed by atoms with E-state index in [1.165, 1.54) is 4.90 Å². The van der Waals surface area contributed by atoms with Gasteiger partial charge < -0.3 is 46.1 Å². The van der Waals surface area contributed by atoms with E-state index in [1.54, 1.807) is 16.8 Å². The number of aliphatic hydroxyl groups is 1. The molecule has 10 rings (SSSR count). The lowest BCUT2D eigenvalue weighted by atomic mass is 9.85. The Hall–Kier alpha value is -6.62. The normalized spacial score (nSPS) is 21.8. The highest BCUT2D eigenvalue weighted by Gasteiger charge is 2.46. The van der Waals surface area contributed by atoms with Crippen molar-refractivity contribution in [2.75, 3.05) is 63.2 Å². The number of nitrogen functional groups attached to an aromatic ring is 1. The van der Waals surface area contributed by atoms with Crippen LogP contribution in [0.15, 0.2) is 48.0 Å². The van der Waals surface area contributed by atoms with Gasteiger partial charge in [-0.05, 0) is 73.3 Å². The first-order valence-electron chi connectivity index (χ1n) is 27.6. The van der Waals surface area contributed by atoms with Crippen molar-refractivity contribution in [2.24, 2.45) is 11.3 Å². The average molecular weight is 1170 g/mol. The Kier molecular flexibility index (Phi) is 16.8. The van der Waals surface area contributed by atoms with Crippen molar-refractivity contribution in [3.05, 3.63) is 82.0 Å². The molecule has 4 saturated heterocycles. The Morgan fingerprint density at radius 3 is 2.40 bits per heavy atom. The highest BCUT2D eigenvalue weighted by atomic mass is 32.1. The van der Waals surface area contributed by atoms with Crippen molar-refractivity contribution >= 4 is 72.2 Å². The summed E-state index contributed by atoms with van der Waals surface area (Å²) in [5, 5.41) is 29.6. The van der Waals surface area contributed by atoms with Crippen LogP contribution in [0.2, 0.25) is 0 Å². The number of amides is 3. The number of rotatable bonds is 18. The number of carbonyl (C=O) groups excluding carboxylic acids is 3. The maximum Gasteiger partial charge on any atom is 0.417 e. The number of aryl methyl sites for hydroxylation is 1. The minimum Gasteiger partial charge on any atom is -0.462 e. The first-order chi connectivity index (χ1) is 39.0. The van der Waals surface area contributed by atoms with Gasteiger partial charge >= 0.3 is 12.2 Å². The monoisotopic (exact) mass is 1170 g/mol. The van der Waals surface area contributed by atoms with Gasteiger partial charge in [-0.3, -0.25) is 19.3 Å². The number of ether oxygens (including phenoxy) is 2. The summed E-state index contributed by atoms with van der Waals surface area (Å²) in [7, 11) is 0. The molecule has 17 nitrogen and oxygen atoms in total. The molecule has 0 saturated carbocycles. The van der Waals surface area contributed by atoms with E-state index in [0.717, 1.165) is 59.3 Å². The molecule has 0 aliphatic carbocycles. The zero-order valence-electron chi connectivity index (χ0n) is 46.3. The number of fused-ring (bicyclic) bond motifs is 4. The van der Waals surface area contributed by atoms with E-state index in [-0.39, 0.29) is 106 Å². The van der Waals surface area contributed by atoms with Crippen molar-refractivity contribution in [1.82, 2.24) is 40.7 Å². The summed E-state index contributed by atoms with van der Waals surface area (Å²) in [6.07, 6.45) is -3.72. The number of hydrogen-bond acceptors (Lipinski definition) is 16. The molecule has 3 aromatic heterocycles. The van der Waals surface area contributed by atoms with Crippen LogP contribution in [0.5, 0.6) is 6.01 Å². The summed E-state index contributed by atoms with van der Waals surface area (Å²) >= 11 is 2.25. The van der Waals surface area contributed by atoms with Crippen molar-refractivity contribution in [3.63, 3.8) is 0 Å². The van der Waals surface area contributed by atoms with E-state index < -0.39 is 75.8 Å². The molecule has 4 aliphatic rings. The second-order valence-electron chi connectivity index (χ2n) is 23.1. The van der Waals surface area contributed by atoms with Crippen molar-refractivity contribution in [2.45, 2.75) is 122 Å². The average Bonchev–Trinajstić information content (AvgIpc) is 2.04. The van der Waals surface area contributed by atoms with Gasteiger partial charge in [0.25, 0.3) is 0 Å². The molecule has 3 amide bonds. The number of hydrogen-bond donors (Lipinski definition) is 5. The zero-order valence-corrected chi connectivity index (χ0v) is 48.0. The molecular formula is C58H66F5N11O6S2. The molecule has 0 spiro atoms. The van der Waals surface area contributed by atoms with Crippen LogP contribution in [0.1, 0.15) is 95.1 Å². The van der Waals surface area contributed by atoms with Gasteiger partial charge in [-0.25, -0.2) is 13.8 Å². The Bertz CT molecular complexity index is 3430. The zero-order chi connectivity index (χ0) is 58.5. The number of thiophene rings is 1. The van der Waals surface area contributed by atoms with E-state index in [1.807, 2.05) is 76.8 Å². The van der Waals surface area contributed by atoms with Gasteiger partial charge in [-0.2, -0.15) is 28.4 Å². The number of nitrogens with one attached hydrogen (secondary N) is 3. The number of likely N-dealkylation sites (tertiary alicyclic amines) is 2. The van der Waals surface area contributed by atoms with Crippen LogP contribution in [-0.2, 0) is 25.3 Å². The highest BCUT2D eigenvalue weighted by molar-refractivity contribution is 7.23. The molecule has 4 aliphatic heterocycles. The first kappa shape index (κ1) is 58.6. The second-order valence-corrected chi connectivity index (χ2v) is 25.0. The van der Waals surface area contributed by atoms with Crippen LogP contribution in [-0.4, -0.2) is 136 Å². The maximum atomic E-state index is 17.4. The van der Waals surface area contributed by atoms with Crippen LogP contribution in [0.4, 0.5) is 32.8 Å². The number of aliphatic hydroxyl groups excluding tert-OH is 1. The maximum absolute atomic E-state index is 17.4. The molecule has 4 fully saturated rings. The van der Waals surface area contributed by atoms with Crippen molar-refractivity contribution in [3.8, 4) is 33.6 Å². The Morgan fingerprint density at radius 1 is 1.01 bits per heavy atom. The molecule has 8 atom stereocenters. The van der Waals surface area contributed by atoms with E-state index in [9.17, 15) is 24.8 Å². The number of aromatic nitrogens is 3. The summed E-state index contributed by atoms with van der Waals surface area (Å²) in [5.74, 6) is -3.19. The molecule has 6 aromatic rings. The fourth-order valence-electron chi connectivity index (χ4n) is 11.9. The molecule has 82 heavy (non-hydrogen) atoms. The third-order valence-corrected chi connectivity index (χ3v) is 18.2. The minimum absolute atomic E-state index is 0.0388. The molecule has 0 radical (unpaired) electrons. The third-order valence-electron chi connectivity index (χ3n) is 16.2. The number of halogens is 5. The summed E-state index contributed by atoms with van der Waals surface area (Å²) in [4.78, 5) is 61.3. The largest absolute Gasteiger partial charge is 0.462 e. The number of nitrogens with zero attached hydrogens (tertiary/aromatic N) is 7. The first-order valence-corrected chi connectivity index (χ1v) is 29.2. The summed E-state index contributed by atoms with van der Waals surface area (Å²) in [6.45, 7) is 13.8. The van der Waals surface area contributed by atoms with Gasteiger partial charge in [0.05, 0.1) is 50.7 Å². The SMILES string of the molecule is Cc1ncsc1-c1ccc([C@H](C)NC(=O)[C@@H]2C[C@@H](O)CN2C(=O)[C@@H](NC(=O)CCOCCCN2C[C@@H](C)[C@H]2COc2nc(N3CC4CCC(C3)N4)c3cc(C(F)(F)F)c(-c4ccc(F)c5sc(N)c(C#N)c45)c(F)c3n2)C(C)(C)C)cc1. The number of benzene rings is 3. The molecular weight excluding hydrogens is 1110 g/mol. The quantitative estimate of drug-likeness (QED) is 0.0402. The molecule has 2 unspecified atom stereocenters. The number of anilines is 2. The number of nitrogens with two attached hydrogens (primary N) is 1. The van der Waals surface area contributed by atoms with Crippen LogP contribution >= 0.6 is 22.7 Å². The van der Waals surface area contributed by atoms with Gasteiger partial charge in [-0.15, -0.1) is 22.7 Å². The number of piperazine rings is 1. The Morgan fingerprint density at radius 2 is 1.74 bits per heavy atom. The van der Waals surface area contributed by atoms with Crippen LogP contribution in [0.3, 0.4) is 0 Å². The van der Waals surface area contributed by atoms with Gasteiger partial charge in [-0.1, -0.05) is 58.0 Å². The van der Waals surface area contributed by atoms with Crippen LogP contribution in [0, 0.1) is 41.2 Å². The van der Waals surface area contributed by atoms with E-state index in [2.05, 4.69) is 35.8 Å². The molecule has 24 heteroatoms. The van der Waals surface area contributed by atoms with Crippen LogP contribution < -0.4 is 31.3 Å². The lowest BCUT2D eigenvalue weighted by Gasteiger charge is -2.46. The number of nitriles is 1. The lowest BCUT2D eigenvalue weighted by molar-refractivity contribution is -0.144. The topological polar surface area (TPSA) is 224 Å². The molecule has 2 bridgehead atoms. The predicted octanol–water partition coefficient (Wildman–Crippen LogP) is 8.50. The smallest absolute Gasteiger partial charge is 0.417 e. The summed E-state index contributed by atoms with van der Waals surface area (Å²) < 4.78 is 90.1. The molecule has 436 valence electrons. The van der Waals surface area contributed by atoms with Gasteiger partial charge in [0.1, 0.15) is 46.9 Å². The van der Waals surface area contributed by atoms with Gasteiger partial charge in [0, 0.05) is 86.6 Å². The molecule has 7 heterocycles. The number of carbonyl (C=O) groups is 3. The Labute approximate surface area is 479 Å². The van der Waals surface area contributed by atoms with E-state index in [4.69, 9.17) is 15.2 Å². The van der Waals surface area contributed by atoms with E-state index in [0.29, 0.717) is 44.0 Å².